The van der Waals surface area contributed by atoms with Crippen LogP contribution in [0.4, 0.5) is 17.6 Å². The molecule has 0 N–H and O–H groups in total. The molecule has 0 unspecified atom stereocenters. The van der Waals surface area contributed by atoms with Gasteiger partial charge in [-0.2, -0.15) is 0 Å². The lowest BCUT2D eigenvalue weighted by molar-refractivity contribution is -0.0728. The predicted octanol–water partition coefficient (Wildman–Crippen LogP) is 7.33. The van der Waals surface area contributed by atoms with Crippen LogP contribution in [0.15, 0.2) is 0 Å². The second-order valence-corrected chi connectivity index (χ2v) is 8.60. The fourth-order valence-corrected chi connectivity index (χ4v) is 3.49. The Kier molecular flexibility index (Phi) is 6.98. The van der Waals surface area contributed by atoms with E-state index in [9.17, 15) is 17.6 Å². The number of alkyl halides is 4. The third-order valence-electron chi connectivity index (χ3n) is 6.22. The van der Waals surface area contributed by atoms with E-state index in [1.807, 2.05) is 0 Å². The molecule has 0 heterocycles. The normalized spacial score (nSPS) is 26.7. The predicted molar refractivity (Wildman–Crippen MR) is 88.1 cm³/mol. The quantitative estimate of drug-likeness (QED) is 0.462. The first-order valence-electron chi connectivity index (χ1n) is 9.13. The number of hydrogen-bond acceptors (Lipinski definition) is 0. The molecule has 23 heavy (non-hydrogen) atoms. The van der Waals surface area contributed by atoms with Crippen molar-refractivity contribution in [1.82, 2.24) is 0 Å². The topological polar surface area (TPSA) is 0 Å². The van der Waals surface area contributed by atoms with Crippen molar-refractivity contribution in [2.45, 2.75) is 97.8 Å². The van der Waals surface area contributed by atoms with E-state index < -0.39 is 11.8 Å². The van der Waals surface area contributed by atoms with Gasteiger partial charge in [-0.25, -0.2) is 17.6 Å². The van der Waals surface area contributed by atoms with E-state index in [4.69, 9.17) is 0 Å². The molecule has 0 bridgehead atoms. The molecule has 0 aromatic heterocycles. The summed E-state index contributed by atoms with van der Waals surface area (Å²) in [6.07, 6.45) is 3.17. The first-order valence-corrected chi connectivity index (χ1v) is 9.13. The zero-order chi connectivity index (χ0) is 17.9. The Morgan fingerprint density at radius 3 is 1.43 bits per heavy atom. The summed E-state index contributed by atoms with van der Waals surface area (Å²) in [6, 6.07) is 0. The van der Waals surface area contributed by atoms with Gasteiger partial charge in [0.25, 0.3) is 0 Å². The lowest BCUT2D eigenvalue weighted by atomic mass is 9.68. The van der Waals surface area contributed by atoms with Crippen molar-refractivity contribution in [2.24, 2.45) is 23.2 Å². The van der Waals surface area contributed by atoms with E-state index in [0.29, 0.717) is 43.4 Å². The molecule has 0 aliphatic heterocycles. The molecule has 0 aromatic carbocycles. The van der Waals surface area contributed by atoms with Gasteiger partial charge in [-0.3, -0.25) is 0 Å². The highest BCUT2D eigenvalue weighted by atomic mass is 19.3. The molecule has 4 heteroatoms. The Hall–Kier alpha value is -0.280. The molecule has 2 saturated carbocycles. The molecule has 138 valence electrons. The monoisotopic (exact) mass is 338 g/mol. The average Bonchev–Trinajstić information content (AvgIpc) is 2.42. The van der Waals surface area contributed by atoms with Gasteiger partial charge in [0.2, 0.25) is 11.8 Å². The van der Waals surface area contributed by atoms with Gasteiger partial charge in [-0.1, -0.05) is 34.6 Å². The van der Waals surface area contributed by atoms with Gasteiger partial charge in [0.15, 0.2) is 0 Å². The van der Waals surface area contributed by atoms with Crippen LogP contribution >= 0.6 is 0 Å². The third kappa shape index (κ3) is 6.62. The Balaban J connectivity index is 0.000000231. The molecule has 0 spiro atoms. The van der Waals surface area contributed by atoms with Crippen molar-refractivity contribution in [3.8, 4) is 0 Å². The zero-order valence-electron chi connectivity index (χ0n) is 15.4. The van der Waals surface area contributed by atoms with Crippen LogP contribution in [0.1, 0.15) is 86.0 Å². The second kappa shape index (κ2) is 7.74. The summed E-state index contributed by atoms with van der Waals surface area (Å²) in [5.74, 6) is -3.10. The Labute approximate surface area is 139 Å². The van der Waals surface area contributed by atoms with E-state index in [2.05, 4.69) is 34.6 Å². The van der Waals surface area contributed by atoms with Crippen LogP contribution in [0.2, 0.25) is 0 Å². The van der Waals surface area contributed by atoms with Gasteiger partial charge in [0.1, 0.15) is 0 Å². The lowest BCUT2D eigenvalue weighted by Crippen LogP contribution is -2.34. The summed E-state index contributed by atoms with van der Waals surface area (Å²) in [7, 11) is 0. The van der Waals surface area contributed by atoms with Crippen molar-refractivity contribution >= 4 is 0 Å². The minimum atomic E-state index is -2.38. The van der Waals surface area contributed by atoms with Crippen LogP contribution in [0.3, 0.4) is 0 Å². The van der Waals surface area contributed by atoms with Gasteiger partial charge in [0, 0.05) is 25.7 Å². The number of hydrogen-bond donors (Lipinski definition) is 0. The number of halogens is 4. The summed E-state index contributed by atoms with van der Waals surface area (Å²) in [4.78, 5) is 0. The highest BCUT2D eigenvalue weighted by Crippen LogP contribution is 2.47. The summed E-state index contributed by atoms with van der Waals surface area (Å²) in [5.41, 5.74) is 0.154. The highest BCUT2D eigenvalue weighted by molar-refractivity contribution is 4.87. The van der Waals surface area contributed by atoms with Gasteiger partial charge >= 0.3 is 0 Å². The van der Waals surface area contributed by atoms with Crippen molar-refractivity contribution in [2.75, 3.05) is 0 Å². The fraction of sp³-hybridized carbons (Fsp3) is 1.00. The molecule has 2 fully saturated rings. The Morgan fingerprint density at radius 2 is 1.09 bits per heavy atom. The maximum atomic E-state index is 12.8. The minimum Gasteiger partial charge on any atom is -0.207 e. The standard InChI is InChI=1S/C10H18F2.C9H16F2/c1-8(2)9(3)4-6-10(11,12)7-5-9;1-7(2)8-3-5-9(10,11)6-4-8/h8H,4-7H2,1-3H3;7-8H,3-6H2,1-2H3. The smallest absolute Gasteiger partial charge is 0.207 e. The first kappa shape index (κ1) is 20.8. The zero-order valence-corrected chi connectivity index (χ0v) is 15.4. The van der Waals surface area contributed by atoms with E-state index in [0.717, 1.165) is 0 Å². The van der Waals surface area contributed by atoms with Crippen LogP contribution in [0, 0.1) is 23.2 Å². The highest BCUT2D eigenvalue weighted by Gasteiger charge is 2.42. The van der Waals surface area contributed by atoms with E-state index in [-0.39, 0.29) is 31.1 Å². The molecule has 0 aromatic rings. The summed E-state index contributed by atoms with van der Waals surface area (Å²) in [5, 5.41) is 0. The molecule has 0 saturated heterocycles. The van der Waals surface area contributed by atoms with Crippen molar-refractivity contribution in [1.29, 1.82) is 0 Å². The molecule has 0 amide bonds. The minimum absolute atomic E-state index is 0.0850. The van der Waals surface area contributed by atoms with Crippen LogP contribution in [0.5, 0.6) is 0 Å². The Morgan fingerprint density at radius 1 is 0.696 bits per heavy atom. The van der Waals surface area contributed by atoms with E-state index >= 15 is 0 Å². The molecular weight excluding hydrogens is 304 g/mol. The second-order valence-electron chi connectivity index (χ2n) is 8.60. The number of rotatable bonds is 2. The summed E-state index contributed by atoms with van der Waals surface area (Å²) in [6.45, 7) is 10.6. The van der Waals surface area contributed by atoms with Crippen molar-refractivity contribution in [3.05, 3.63) is 0 Å². The average molecular weight is 338 g/mol. The van der Waals surface area contributed by atoms with Gasteiger partial charge in [-0.05, 0) is 48.9 Å². The van der Waals surface area contributed by atoms with Crippen molar-refractivity contribution < 1.29 is 17.6 Å². The first-order chi connectivity index (χ1) is 10.4. The fourth-order valence-electron chi connectivity index (χ4n) is 3.49. The van der Waals surface area contributed by atoms with Gasteiger partial charge < -0.3 is 0 Å². The maximum Gasteiger partial charge on any atom is 0.248 e. The van der Waals surface area contributed by atoms with Crippen LogP contribution < -0.4 is 0 Å². The van der Waals surface area contributed by atoms with Crippen LogP contribution in [-0.4, -0.2) is 11.8 Å². The molecule has 0 radical (unpaired) electrons. The largest absolute Gasteiger partial charge is 0.248 e. The van der Waals surface area contributed by atoms with Gasteiger partial charge in [-0.15, -0.1) is 0 Å². The lowest BCUT2D eigenvalue weighted by Gasteiger charge is -2.40. The molecule has 2 rings (SSSR count). The molecular formula is C19H34F4. The molecule has 0 nitrogen and oxygen atoms in total. The van der Waals surface area contributed by atoms with E-state index in [1.54, 1.807) is 0 Å². The summed E-state index contributed by atoms with van der Waals surface area (Å²) < 4.78 is 50.9. The maximum absolute atomic E-state index is 12.8. The Bertz CT molecular complexity index is 340. The van der Waals surface area contributed by atoms with Crippen LogP contribution in [-0.2, 0) is 0 Å². The van der Waals surface area contributed by atoms with Gasteiger partial charge in [0.05, 0.1) is 0 Å². The van der Waals surface area contributed by atoms with Crippen LogP contribution in [0.25, 0.3) is 0 Å². The van der Waals surface area contributed by atoms with E-state index in [1.165, 1.54) is 0 Å². The molecule has 2 aliphatic rings. The summed E-state index contributed by atoms with van der Waals surface area (Å²) >= 11 is 0. The molecule has 0 atom stereocenters. The third-order valence-corrected chi connectivity index (χ3v) is 6.22. The molecule has 2 aliphatic carbocycles. The SMILES string of the molecule is CC(C)C1(C)CCC(F)(F)CC1.CC(C)C1CCC(F)(F)CC1. The van der Waals surface area contributed by atoms with Crippen molar-refractivity contribution in [3.63, 3.8) is 0 Å².